The summed E-state index contributed by atoms with van der Waals surface area (Å²) in [6.07, 6.45) is 0. The van der Waals surface area contributed by atoms with Gasteiger partial charge in [-0.25, -0.2) is 5.84 Å². The van der Waals surface area contributed by atoms with E-state index in [2.05, 4.69) is 10.7 Å². The Labute approximate surface area is 158 Å². The lowest BCUT2D eigenvalue weighted by molar-refractivity contribution is 0.0958. The number of hydrogen-bond donors (Lipinski definition) is 3. The molecule has 0 aliphatic heterocycles. The van der Waals surface area contributed by atoms with Gasteiger partial charge in [0.2, 0.25) is 0 Å². The Balaban J connectivity index is 1.99. The first-order valence-electron chi connectivity index (χ1n) is 8.26. The number of rotatable bonds is 4. The molecule has 4 rings (SSSR count). The van der Waals surface area contributed by atoms with Crippen LogP contribution in [0.15, 0.2) is 77.6 Å². The number of benzene rings is 2. The Hall–Kier alpha value is -3.42. The minimum atomic E-state index is -0.415. The second kappa shape index (κ2) is 7.06. The van der Waals surface area contributed by atoms with Gasteiger partial charge in [-0.1, -0.05) is 36.4 Å². The van der Waals surface area contributed by atoms with E-state index < -0.39 is 5.91 Å². The summed E-state index contributed by atoms with van der Waals surface area (Å²) in [7, 11) is 0. The third-order valence-electron chi connectivity index (χ3n) is 4.14. The van der Waals surface area contributed by atoms with Gasteiger partial charge in [0.25, 0.3) is 11.5 Å². The maximum Gasteiger partial charge on any atom is 0.277 e. The van der Waals surface area contributed by atoms with Crippen LogP contribution in [0.5, 0.6) is 0 Å². The molecule has 7 heteroatoms. The van der Waals surface area contributed by atoms with Gasteiger partial charge in [-0.15, -0.1) is 11.3 Å². The lowest BCUT2D eigenvalue weighted by Gasteiger charge is -2.09. The minimum Gasteiger partial charge on any atom is -0.354 e. The molecule has 0 radical (unpaired) electrons. The van der Waals surface area contributed by atoms with Crippen LogP contribution in [0.1, 0.15) is 9.67 Å². The molecule has 4 N–H and O–H groups in total. The Morgan fingerprint density at radius 3 is 2.26 bits per heavy atom. The van der Waals surface area contributed by atoms with E-state index in [1.807, 2.05) is 60.7 Å². The maximum atomic E-state index is 12.6. The van der Waals surface area contributed by atoms with Crippen LogP contribution < -0.4 is 22.1 Å². The summed E-state index contributed by atoms with van der Waals surface area (Å²) in [5, 5.41) is 4.06. The molecule has 0 aliphatic carbocycles. The molecule has 2 heterocycles. The number of para-hydroxylation sites is 2. The number of thiophene rings is 1. The van der Waals surface area contributed by atoms with E-state index in [1.165, 1.54) is 17.4 Å². The van der Waals surface area contributed by atoms with Gasteiger partial charge in [0.05, 0.1) is 11.4 Å². The van der Waals surface area contributed by atoms with E-state index in [0.717, 1.165) is 16.8 Å². The van der Waals surface area contributed by atoms with Crippen LogP contribution in [0.4, 0.5) is 11.4 Å². The van der Waals surface area contributed by atoms with E-state index in [0.29, 0.717) is 15.4 Å². The van der Waals surface area contributed by atoms with Gasteiger partial charge in [0, 0.05) is 17.1 Å². The molecule has 0 fully saturated rings. The van der Waals surface area contributed by atoms with Crippen molar-refractivity contribution >= 4 is 38.8 Å². The number of nitrogen functional groups attached to an aromatic ring is 1. The van der Waals surface area contributed by atoms with Gasteiger partial charge in [0.1, 0.15) is 9.71 Å². The topological polar surface area (TPSA) is 89.2 Å². The first-order chi connectivity index (χ1) is 13.2. The zero-order chi connectivity index (χ0) is 18.8. The Kier molecular flexibility index (Phi) is 4.45. The van der Waals surface area contributed by atoms with Crippen LogP contribution in [0.3, 0.4) is 0 Å². The number of hydrogen-bond acceptors (Lipinski definition) is 5. The van der Waals surface area contributed by atoms with E-state index in [4.69, 9.17) is 5.84 Å². The van der Waals surface area contributed by atoms with Crippen molar-refractivity contribution in [2.24, 2.45) is 5.84 Å². The third-order valence-corrected chi connectivity index (χ3v) is 5.33. The number of aromatic nitrogens is 1. The molecule has 2 aromatic heterocycles. The molecule has 0 atom stereocenters. The van der Waals surface area contributed by atoms with Gasteiger partial charge >= 0.3 is 0 Å². The molecular formula is C20H16N4O2S. The van der Waals surface area contributed by atoms with Crippen LogP contribution in [0.25, 0.3) is 15.9 Å². The predicted molar refractivity (Wildman–Crippen MR) is 109 cm³/mol. The fourth-order valence-corrected chi connectivity index (χ4v) is 4.09. The van der Waals surface area contributed by atoms with Crippen molar-refractivity contribution in [2.75, 3.05) is 5.32 Å². The number of anilines is 2. The normalized spacial score (nSPS) is 10.7. The van der Waals surface area contributed by atoms with E-state index in [9.17, 15) is 9.59 Å². The molecule has 0 saturated carbocycles. The van der Waals surface area contributed by atoms with E-state index in [-0.39, 0.29) is 5.56 Å². The summed E-state index contributed by atoms with van der Waals surface area (Å²) in [5.41, 5.74) is 4.21. The Morgan fingerprint density at radius 2 is 1.59 bits per heavy atom. The number of pyridine rings is 1. The van der Waals surface area contributed by atoms with Gasteiger partial charge in [-0.3, -0.25) is 19.6 Å². The van der Waals surface area contributed by atoms with Crippen molar-refractivity contribution in [1.29, 1.82) is 0 Å². The summed E-state index contributed by atoms with van der Waals surface area (Å²) in [6, 6.07) is 22.1. The van der Waals surface area contributed by atoms with Gasteiger partial charge in [-0.2, -0.15) is 0 Å². The first-order valence-corrected chi connectivity index (χ1v) is 9.07. The molecule has 27 heavy (non-hydrogen) atoms. The zero-order valence-corrected chi connectivity index (χ0v) is 15.0. The van der Waals surface area contributed by atoms with Crippen molar-refractivity contribution in [1.82, 2.24) is 9.99 Å². The first kappa shape index (κ1) is 17.0. The molecule has 2 aromatic carbocycles. The molecule has 0 aliphatic rings. The summed E-state index contributed by atoms with van der Waals surface area (Å²) in [5.74, 6) is 4.96. The minimum absolute atomic E-state index is 0.166. The number of nitrogens with two attached hydrogens (primary N) is 1. The fraction of sp³-hybridized carbons (Fsp3) is 0. The van der Waals surface area contributed by atoms with Crippen LogP contribution >= 0.6 is 11.3 Å². The number of nitrogens with one attached hydrogen (secondary N) is 2. The lowest BCUT2D eigenvalue weighted by atomic mass is 10.2. The smallest absolute Gasteiger partial charge is 0.277 e. The lowest BCUT2D eigenvalue weighted by Crippen LogP contribution is -2.29. The fourth-order valence-electron chi connectivity index (χ4n) is 2.92. The number of fused-ring (bicyclic) bond motifs is 1. The Morgan fingerprint density at radius 1 is 0.926 bits per heavy atom. The molecule has 1 amide bonds. The molecule has 4 aromatic rings. The van der Waals surface area contributed by atoms with Gasteiger partial charge in [0.15, 0.2) is 0 Å². The zero-order valence-electron chi connectivity index (χ0n) is 14.2. The summed E-state index contributed by atoms with van der Waals surface area (Å²) in [4.78, 5) is 26.0. The highest BCUT2D eigenvalue weighted by molar-refractivity contribution is 7.21. The molecule has 134 valence electrons. The average Bonchev–Trinajstić information content (AvgIpc) is 3.07. The molecule has 0 saturated heterocycles. The monoisotopic (exact) mass is 376 g/mol. The highest BCUT2D eigenvalue weighted by atomic mass is 32.1. The highest BCUT2D eigenvalue weighted by Crippen LogP contribution is 2.37. The van der Waals surface area contributed by atoms with Gasteiger partial charge < -0.3 is 5.32 Å². The molecule has 0 spiro atoms. The van der Waals surface area contributed by atoms with Crippen molar-refractivity contribution in [3.05, 3.63) is 88.0 Å². The highest BCUT2D eigenvalue weighted by Gasteiger charge is 2.21. The molecule has 0 unspecified atom stereocenters. The van der Waals surface area contributed by atoms with Crippen LogP contribution in [0, 0.1) is 0 Å². The summed E-state index contributed by atoms with van der Waals surface area (Å²) >= 11 is 1.22. The van der Waals surface area contributed by atoms with Crippen LogP contribution in [0.2, 0.25) is 0 Å². The van der Waals surface area contributed by atoms with Crippen molar-refractivity contribution < 1.29 is 4.79 Å². The largest absolute Gasteiger partial charge is 0.354 e. The van der Waals surface area contributed by atoms with Crippen molar-refractivity contribution in [3.8, 4) is 5.69 Å². The molecular weight excluding hydrogens is 360 g/mol. The number of carbonyl (C=O) groups excluding carboxylic acids is 1. The number of carbonyl (C=O) groups is 1. The predicted octanol–water partition coefficient (Wildman–Crippen LogP) is 3.40. The number of amides is 1. The Bertz CT molecular complexity index is 1170. The average molecular weight is 376 g/mol. The number of hydrazine groups is 1. The maximum absolute atomic E-state index is 12.6. The molecule has 0 bridgehead atoms. The molecule has 6 nitrogen and oxygen atoms in total. The van der Waals surface area contributed by atoms with E-state index >= 15 is 0 Å². The van der Waals surface area contributed by atoms with Crippen molar-refractivity contribution in [2.45, 2.75) is 0 Å². The summed E-state index contributed by atoms with van der Waals surface area (Å²) < 4.78 is 1.60. The second-order valence-corrected chi connectivity index (χ2v) is 6.83. The second-order valence-electron chi connectivity index (χ2n) is 5.83. The third kappa shape index (κ3) is 3.10. The van der Waals surface area contributed by atoms with Crippen molar-refractivity contribution in [3.63, 3.8) is 0 Å². The van der Waals surface area contributed by atoms with Crippen LogP contribution in [-0.2, 0) is 0 Å². The van der Waals surface area contributed by atoms with E-state index in [1.54, 1.807) is 10.6 Å². The quantitative estimate of drug-likeness (QED) is 0.289. The SMILES string of the molecule is NNC(=O)c1sc2c(ccc(=O)n2-c2ccccc2)c1Nc1ccccc1. The standard InChI is InChI=1S/C20H16N4O2S/c21-23-19(26)18-17(22-13-7-3-1-4-8-13)15-11-12-16(25)24(20(15)27-18)14-9-5-2-6-10-14/h1-12,22H,21H2,(H,23,26). The van der Waals surface area contributed by atoms with Gasteiger partial charge in [-0.05, 0) is 30.3 Å². The summed E-state index contributed by atoms with van der Waals surface area (Å²) in [6.45, 7) is 0. The van der Waals surface area contributed by atoms with Crippen LogP contribution in [-0.4, -0.2) is 10.5 Å². The number of nitrogens with zero attached hydrogens (tertiary/aromatic N) is 1.